The fourth-order valence-electron chi connectivity index (χ4n) is 3.47. The van der Waals surface area contributed by atoms with Gasteiger partial charge in [-0.15, -0.1) is 0 Å². The molecule has 1 atom stereocenters. The summed E-state index contributed by atoms with van der Waals surface area (Å²) in [7, 11) is 0. The van der Waals surface area contributed by atoms with E-state index in [-0.39, 0.29) is 24.6 Å². The molecule has 1 aromatic rings. The van der Waals surface area contributed by atoms with Gasteiger partial charge in [-0.1, -0.05) is 0 Å². The molecule has 2 fully saturated rings. The second kappa shape index (κ2) is 8.99. The maximum atomic E-state index is 14.5. The van der Waals surface area contributed by atoms with Crippen LogP contribution in [0.5, 0.6) is 5.75 Å². The summed E-state index contributed by atoms with van der Waals surface area (Å²) in [5, 5.41) is 0. The highest BCUT2D eigenvalue weighted by Crippen LogP contribution is 2.27. The number of piperidine rings is 1. The summed E-state index contributed by atoms with van der Waals surface area (Å²) in [5.41, 5.74) is 0.103. The van der Waals surface area contributed by atoms with Crippen LogP contribution in [0.1, 0.15) is 40.0 Å². The normalized spacial score (nSPS) is 20.8. The third-order valence-corrected chi connectivity index (χ3v) is 4.84. The SMILES string of the molecule is CC(C)(C)OC(=O)N1CCOC(COc2ccc(N3CCCCC3)c(F)c2)C1. The maximum absolute atomic E-state index is 14.5. The van der Waals surface area contributed by atoms with Gasteiger partial charge in [-0.25, -0.2) is 9.18 Å². The molecule has 2 aliphatic heterocycles. The van der Waals surface area contributed by atoms with Crippen molar-refractivity contribution in [2.24, 2.45) is 0 Å². The van der Waals surface area contributed by atoms with Gasteiger partial charge in [0.25, 0.3) is 0 Å². The first-order valence-corrected chi connectivity index (χ1v) is 10.1. The van der Waals surface area contributed by atoms with E-state index in [1.54, 1.807) is 17.0 Å². The number of carbonyl (C=O) groups excluding carboxylic acids is 1. The molecule has 28 heavy (non-hydrogen) atoms. The Kier molecular flexibility index (Phi) is 6.65. The molecule has 0 aliphatic carbocycles. The molecule has 6 nitrogen and oxygen atoms in total. The minimum Gasteiger partial charge on any atom is -0.491 e. The van der Waals surface area contributed by atoms with E-state index in [9.17, 15) is 9.18 Å². The van der Waals surface area contributed by atoms with Crippen molar-refractivity contribution >= 4 is 11.8 Å². The van der Waals surface area contributed by atoms with Gasteiger partial charge < -0.3 is 24.0 Å². The van der Waals surface area contributed by atoms with E-state index in [1.165, 1.54) is 12.5 Å². The third-order valence-electron chi connectivity index (χ3n) is 4.84. The van der Waals surface area contributed by atoms with Gasteiger partial charge in [0.1, 0.15) is 29.9 Å². The average Bonchev–Trinajstić information content (AvgIpc) is 2.66. The van der Waals surface area contributed by atoms with Gasteiger partial charge in [0.05, 0.1) is 18.8 Å². The van der Waals surface area contributed by atoms with Crippen molar-refractivity contribution in [1.82, 2.24) is 4.90 Å². The number of hydrogen-bond donors (Lipinski definition) is 0. The molecule has 2 heterocycles. The van der Waals surface area contributed by atoms with Crippen LogP contribution >= 0.6 is 0 Å². The van der Waals surface area contributed by atoms with E-state index in [2.05, 4.69) is 4.90 Å². The van der Waals surface area contributed by atoms with Crippen molar-refractivity contribution in [3.05, 3.63) is 24.0 Å². The Morgan fingerprint density at radius 1 is 1.21 bits per heavy atom. The Morgan fingerprint density at radius 2 is 1.96 bits per heavy atom. The predicted octanol–water partition coefficient (Wildman–Crippen LogP) is 3.83. The molecule has 3 rings (SSSR count). The van der Waals surface area contributed by atoms with Gasteiger partial charge in [0.2, 0.25) is 0 Å². The zero-order valence-electron chi connectivity index (χ0n) is 17.1. The highest BCUT2D eigenvalue weighted by atomic mass is 19.1. The molecule has 0 saturated carbocycles. The lowest BCUT2D eigenvalue weighted by Gasteiger charge is -2.34. The Labute approximate surface area is 166 Å². The molecule has 156 valence electrons. The smallest absolute Gasteiger partial charge is 0.410 e. The topological polar surface area (TPSA) is 51.2 Å². The molecular formula is C21H31FN2O4. The zero-order valence-corrected chi connectivity index (χ0v) is 17.1. The van der Waals surface area contributed by atoms with Crippen LogP contribution in [-0.2, 0) is 9.47 Å². The lowest BCUT2D eigenvalue weighted by molar-refractivity contribution is -0.0557. The number of hydrogen-bond acceptors (Lipinski definition) is 5. The van der Waals surface area contributed by atoms with Crippen LogP contribution in [0.4, 0.5) is 14.9 Å². The summed E-state index contributed by atoms with van der Waals surface area (Å²) < 4.78 is 31.3. The van der Waals surface area contributed by atoms with E-state index in [4.69, 9.17) is 14.2 Å². The first kappa shape index (κ1) is 20.7. The number of halogens is 1. The lowest BCUT2D eigenvalue weighted by atomic mass is 10.1. The average molecular weight is 394 g/mol. The first-order chi connectivity index (χ1) is 13.3. The van der Waals surface area contributed by atoms with Crippen molar-refractivity contribution in [3.8, 4) is 5.75 Å². The van der Waals surface area contributed by atoms with E-state index in [1.807, 2.05) is 20.8 Å². The van der Waals surface area contributed by atoms with Crippen LogP contribution in [0.2, 0.25) is 0 Å². The molecular weight excluding hydrogens is 363 g/mol. The number of benzene rings is 1. The largest absolute Gasteiger partial charge is 0.491 e. The number of anilines is 1. The number of carbonyl (C=O) groups is 1. The molecule has 2 aliphatic rings. The minimum absolute atomic E-state index is 0.252. The van der Waals surface area contributed by atoms with Crippen LogP contribution in [0.3, 0.4) is 0 Å². The number of nitrogens with zero attached hydrogens (tertiary/aromatic N) is 2. The second-order valence-corrected chi connectivity index (χ2v) is 8.39. The third kappa shape index (κ3) is 5.74. The van der Waals surface area contributed by atoms with Gasteiger partial charge in [-0.05, 0) is 52.2 Å². The summed E-state index contributed by atoms with van der Waals surface area (Å²) in [6, 6.07) is 5.00. The van der Waals surface area contributed by atoms with Crippen LogP contribution in [0.15, 0.2) is 18.2 Å². The van der Waals surface area contributed by atoms with Gasteiger partial charge in [-0.3, -0.25) is 0 Å². The van der Waals surface area contributed by atoms with Crippen LogP contribution < -0.4 is 9.64 Å². The fraction of sp³-hybridized carbons (Fsp3) is 0.667. The highest BCUT2D eigenvalue weighted by Gasteiger charge is 2.28. The number of ether oxygens (including phenoxy) is 3. The maximum Gasteiger partial charge on any atom is 0.410 e. The van der Waals surface area contributed by atoms with Crippen molar-refractivity contribution in [1.29, 1.82) is 0 Å². The minimum atomic E-state index is -0.533. The predicted molar refractivity (Wildman–Crippen MR) is 106 cm³/mol. The van der Waals surface area contributed by atoms with E-state index >= 15 is 0 Å². The van der Waals surface area contributed by atoms with Crippen molar-refractivity contribution in [3.63, 3.8) is 0 Å². The quantitative estimate of drug-likeness (QED) is 0.777. The Bertz CT molecular complexity index is 671. The summed E-state index contributed by atoms with van der Waals surface area (Å²) in [6.07, 6.45) is 2.79. The Hall–Kier alpha value is -2.02. The van der Waals surface area contributed by atoms with E-state index < -0.39 is 5.60 Å². The fourth-order valence-corrected chi connectivity index (χ4v) is 3.47. The van der Waals surface area contributed by atoms with Crippen LogP contribution in [0, 0.1) is 5.82 Å². The molecule has 1 amide bonds. The van der Waals surface area contributed by atoms with Gasteiger partial charge >= 0.3 is 6.09 Å². The number of amides is 1. The second-order valence-electron chi connectivity index (χ2n) is 8.39. The van der Waals surface area contributed by atoms with Gasteiger partial charge in [0.15, 0.2) is 0 Å². The molecule has 1 unspecified atom stereocenters. The molecule has 0 bridgehead atoms. The summed E-state index contributed by atoms with van der Waals surface area (Å²) in [6.45, 7) is 8.88. The van der Waals surface area contributed by atoms with Gasteiger partial charge in [-0.2, -0.15) is 0 Å². The van der Waals surface area contributed by atoms with Crippen molar-refractivity contribution in [2.75, 3.05) is 44.3 Å². The molecule has 0 radical (unpaired) electrons. The summed E-state index contributed by atoms with van der Waals surface area (Å²) in [5.74, 6) is 0.204. The summed E-state index contributed by atoms with van der Waals surface area (Å²) in [4.78, 5) is 15.9. The highest BCUT2D eigenvalue weighted by molar-refractivity contribution is 5.68. The Balaban J connectivity index is 1.52. The van der Waals surface area contributed by atoms with Gasteiger partial charge in [0, 0.05) is 25.7 Å². The summed E-state index contributed by atoms with van der Waals surface area (Å²) >= 11 is 0. The van der Waals surface area contributed by atoms with Crippen molar-refractivity contribution in [2.45, 2.75) is 51.7 Å². The molecule has 0 aromatic heterocycles. The lowest BCUT2D eigenvalue weighted by Crippen LogP contribution is -2.49. The first-order valence-electron chi connectivity index (χ1n) is 10.1. The zero-order chi connectivity index (χ0) is 20.1. The van der Waals surface area contributed by atoms with E-state index in [0.29, 0.717) is 31.1 Å². The standard InChI is InChI=1S/C21H31FN2O4/c1-21(2,3)28-20(25)24-11-12-26-17(14-24)15-27-16-7-8-19(18(22)13-16)23-9-5-4-6-10-23/h7-8,13,17H,4-6,9-12,14-15H2,1-3H3. The van der Waals surface area contributed by atoms with Crippen molar-refractivity contribution < 1.29 is 23.4 Å². The van der Waals surface area contributed by atoms with Crippen LogP contribution in [-0.4, -0.2) is 62.1 Å². The number of morpholine rings is 1. The van der Waals surface area contributed by atoms with E-state index in [0.717, 1.165) is 25.9 Å². The Morgan fingerprint density at radius 3 is 2.64 bits per heavy atom. The molecule has 0 N–H and O–H groups in total. The monoisotopic (exact) mass is 394 g/mol. The number of rotatable bonds is 4. The molecule has 1 aromatic carbocycles. The molecule has 7 heteroatoms. The molecule has 0 spiro atoms. The molecule has 2 saturated heterocycles. The van der Waals surface area contributed by atoms with Crippen LogP contribution in [0.25, 0.3) is 0 Å².